The van der Waals surface area contributed by atoms with Gasteiger partial charge < -0.3 is 9.64 Å². The molecule has 0 unspecified atom stereocenters. The molecule has 0 aliphatic carbocycles. The van der Waals surface area contributed by atoms with Crippen LogP contribution in [0.4, 0.5) is 0 Å². The first-order valence-corrected chi connectivity index (χ1v) is 8.82. The van der Waals surface area contributed by atoms with Gasteiger partial charge in [0.2, 0.25) is 5.88 Å². The zero-order valence-electron chi connectivity index (χ0n) is 14.5. The first-order chi connectivity index (χ1) is 12.2. The number of methoxy groups -OCH3 is 1. The topological polar surface area (TPSA) is 45.7 Å². The van der Waals surface area contributed by atoms with Gasteiger partial charge in [0, 0.05) is 44.5 Å². The highest BCUT2D eigenvalue weighted by molar-refractivity contribution is 5.94. The standard InChI is InChI=1S/C20H23N3O2/c1-25-19-8-7-16(11-21-19)20(24)22-10-9-17-13-23(18(17)14-22)12-15-5-3-2-4-6-15/h2-8,11,17-18H,9-10,12-14H2,1H3/t17-,18-/m1/s1. The molecule has 0 bridgehead atoms. The largest absolute Gasteiger partial charge is 0.481 e. The third-order valence-corrected chi connectivity index (χ3v) is 5.37. The second-order valence-electron chi connectivity index (χ2n) is 6.87. The number of pyridine rings is 1. The number of ether oxygens (including phenoxy) is 1. The Morgan fingerprint density at radius 1 is 1.20 bits per heavy atom. The highest BCUT2D eigenvalue weighted by Crippen LogP contribution is 2.34. The molecule has 2 aliphatic rings. The molecule has 2 saturated heterocycles. The zero-order chi connectivity index (χ0) is 17.2. The monoisotopic (exact) mass is 337 g/mol. The van der Waals surface area contributed by atoms with Gasteiger partial charge in [-0.3, -0.25) is 9.69 Å². The average Bonchev–Trinajstić information content (AvgIpc) is 2.66. The van der Waals surface area contributed by atoms with Gasteiger partial charge in [0.1, 0.15) is 0 Å². The summed E-state index contributed by atoms with van der Waals surface area (Å²) in [6.45, 7) is 3.76. The molecule has 5 nitrogen and oxygen atoms in total. The molecule has 0 N–H and O–H groups in total. The van der Waals surface area contributed by atoms with E-state index in [9.17, 15) is 4.79 Å². The number of hydrogen-bond acceptors (Lipinski definition) is 4. The number of piperidine rings is 1. The molecule has 1 amide bonds. The maximum Gasteiger partial charge on any atom is 0.255 e. The van der Waals surface area contributed by atoms with Crippen LogP contribution in [-0.2, 0) is 6.54 Å². The van der Waals surface area contributed by atoms with Crippen molar-refractivity contribution in [2.75, 3.05) is 26.7 Å². The van der Waals surface area contributed by atoms with Gasteiger partial charge in [-0.05, 0) is 24.0 Å². The minimum Gasteiger partial charge on any atom is -0.481 e. The van der Waals surface area contributed by atoms with Crippen molar-refractivity contribution in [3.05, 3.63) is 59.8 Å². The fourth-order valence-electron chi connectivity index (χ4n) is 3.90. The maximum atomic E-state index is 12.8. The Bertz CT molecular complexity index is 732. The smallest absolute Gasteiger partial charge is 0.255 e. The van der Waals surface area contributed by atoms with E-state index in [1.807, 2.05) is 11.0 Å². The van der Waals surface area contributed by atoms with Crippen LogP contribution in [0.3, 0.4) is 0 Å². The highest BCUT2D eigenvalue weighted by atomic mass is 16.5. The fourth-order valence-corrected chi connectivity index (χ4v) is 3.90. The van der Waals surface area contributed by atoms with Gasteiger partial charge >= 0.3 is 0 Å². The number of carbonyl (C=O) groups is 1. The minimum atomic E-state index is 0.0696. The summed E-state index contributed by atoms with van der Waals surface area (Å²) in [6, 6.07) is 14.6. The van der Waals surface area contributed by atoms with Gasteiger partial charge in [-0.15, -0.1) is 0 Å². The number of carbonyl (C=O) groups excluding carboxylic acids is 1. The van der Waals surface area contributed by atoms with E-state index in [2.05, 4.69) is 34.1 Å². The minimum absolute atomic E-state index is 0.0696. The summed E-state index contributed by atoms with van der Waals surface area (Å²) in [7, 11) is 1.58. The summed E-state index contributed by atoms with van der Waals surface area (Å²) in [5.41, 5.74) is 1.97. The molecular weight excluding hydrogens is 314 g/mol. The lowest BCUT2D eigenvalue weighted by molar-refractivity contribution is -0.0427. The van der Waals surface area contributed by atoms with Gasteiger partial charge in [0.05, 0.1) is 12.7 Å². The molecule has 0 saturated carbocycles. The number of nitrogens with zero attached hydrogens (tertiary/aromatic N) is 3. The summed E-state index contributed by atoms with van der Waals surface area (Å²) < 4.78 is 5.06. The van der Waals surface area contributed by atoms with Crippen molar-refractivity contribution in [2.45, 2.75) is 19.0 Å². The Morgan fingerprint density at radius 3 is 2.76 bits per heavy atom. The molecule has 0 spiro atoms. The molecule has 2 atom stereocenters. The van der Waals surface area contributed by atoms with E-state index in [-0.39, 0.29) is 5.91 Å². The maximum absolute atomic E-state index is 12.8. The van der Waals surface area contributed by atoms with E-state index >= 15 is 0 Å². The van der Waals surface area contributed by atoms with Gasteiger partial charge in [0.15, 0.2) is 0 Å². The Balaban J connectivity index is 1.40. The first kappa shape index (κ1) is 16.1. The summed E-state index contributed by atoms with van der Waals surface area (Å²) in [5, 5.41) is 0. The van der Waals surface area contributed by atoms with Crippen molar-refractivity contribution in [1.82, 2.24) is 14.8 Å². The van der Waals surface area contributed by atoms with Crippen molar-refractivity contribution in [3.8, 4) is 5.88 Å². The lowest BCUT2D eigenvalue weighted by Gasteiger charge is -2.53. The van der Waals surface area contributed by atoms with Gasteiger partial charge in [0.25, 0.3) is 5.91 Å². The molecule has 3 heterocycles. The number of benzene rings is 1. The second-order valence-corrected chi connectivity index (χ2v) is 6.87. The Hall–Kier alpha value is -2.40. The van der Waals surface area contributed by atoms with Crippen molar-refractivity contribution in [2.24, 2.45) is 5.92 Å². The van der Waals surface area contributed by atoms with Crippen LogP contribution >= 0.6 is 0 Å². The molecule has 1 aromatic heterocycles. The molecular formula is C20H23N3O2. The summed E-state index contributed by atoms with van der Waals surface area (Å²) in [4.78, 5) is 21.4. The van der Waals surface area contributed by atoms with Crippen molar-refractivity contribution >= 4 is 5.91 Å². The van der Waals surface area contributed by atoms with Crippen LogP contribution in [0.2, 0.25) is 0 Å². The number of likely N-dealkylation sites (tertiary alicyclic amines) is 2. The van der Waals surface area contributed by atoms with E-state index in [0.717, 1.165) is 38.5 Å². The number of aromatic nitrogens is 1. The van der Waals surface area contributed by atoms with E-state index in [0.29, 0.717) is 17.5 Å². The second kappa shape index (κ2) is 6.84. The molecule has 0 radical (unpaired) electrons. The molecule has 4 rings (SSSR count). The van der Waals surface area contributed by atoms with E-state index in [4.69, 9.17) is 4.74 Å². The Kier molecular flexibility index (Phi) is 4.40. The number of fused-ring (bicyclic) bond motifs is 1. The lowest BCUT2D eigenvalue weighted by Crippen LogP contribution is -2.64. The molecule has 25 heavy (non-hydrogen) atoms. The van der Waals surface area contributed by atoms with Crippen molar-refractivity contribution < 1.29 is 9.53 Å². The van der Waals surface area contributed by atoms with Crippen LogP contribution in [-0.4, -0.2) is 53.5 Å². The summed E-state index contributed by atoms with van der Waals surface area (Å²) >= 11 is 0. The van der Waals surface area contributed by atoms with E-state index in [1.54, 1.807) is 25.4 Å². The van der Waals surface area contributed by atoms with Crippen LogP contribution in [0.15, 0.2) is 48.7 Å². The summed E-state index contributed by atoms with van der Waals surface area (Å²) in [6.07, 6.45) is 2.70. The molecule has 1 aromatic carbocycles. The molecule has 2 aliphatic heterocycles. The first-order valence-electron chi connectivity index (χ1n) is 8.82. The van der Waals surface area contributed by atoms with Gasteiger partial charge in [-0.2, -0.15) is 0 Å². The van der Waals surface area contributed by atoms with Gasteiger partial charge in [-0.1, -0.05) is 30.3 Å². The molecule has 2 fully saturated rings. The van der Waals surface area contributed by atoms with Gasteiger partial charge in [-0.25, -0.2) is 4.98 Å². The SMILES string of the molecule is COc1ccc(C(=O)N2CC[C@@H]3CN(Cc4ccccc4)[C@@H]3C2)cn1. The van der Waals surface area contributed by atoms with Crippen LogP contribution in [0, 0.1) is 5.92 Å². The summed E-state index contributed by atoms with van der Waals surface area (Å²) in [5.74, 6) is 1.32. The predicted molar refractivity (Wildman–Crippen MR) is 95.4 cm³/mol. The third kappa shape index (κ3) is 3.24. The number of amides is 1. The van der Waals surface area contributed by atoms with Crippen LogP contribution in [0.5, 0.6) is 5.88 Å². The number of rotatable bonds is 4. The predicted octanol–water partition coefficient (Wildman–Crippen LogP) is 2.44. The average molecular weight is 337 g/mol. The molecule has 5 heteroatoms. The van der Waals surface area contributed by atoms with Crippen LogP contribution < -0.4 is 4.74 Å². The van der Waals surface area contributed by atoms with Crippen LogP contribution in [0.1, 0.15) is 22.3 Å². The van der Waals surface area contributed by atoms with E-state index < -0.39 is 0 Å². The third-order valence-electron chi connectivity index (χ3n) is 5.37. The van der Waals surface area contributed by atoms with E-state index in [1.165, 1.54) is 5.56 Å². The zero-order valence-corrected chi connectivity index (χ0v) is 14.5. The fraction of sp³-hybridized carbons (Fsp3) is 0.400. The van der Waals surface area contributed by atoms with Crippen LogP contribution in [0.25, 0.3) is 0 Å². The normalized spacial score (nSPS) is 22.8. The molecule has 130 valence electrons. The van der Waals surface area contributed by atoms with Crippen molar-refractivity contribution in [3.63, 3.8) is 0 Å². The quantitative estimate of drug-likeness (QED) is 0.860. The highest BCUT2D eigenvalue weighted by Gasteiger charge is 2.43. The Labute approximate surface area is 148 Å². The Morgan fingerprint density at radius 2 is 2.04 bits per heavy atom. The molecule has 2 aromatic rings. The number of hydrogen-bond donors (Lipinski definition) is 0. The van der Waals surface area contributed by atoms with Crippen molar-refractivity contribution in [1.29, 1.82) is 0 Å². The lowest BCUT2D eigenvalue weighted by atomic mass is 9.82.